The summed E-state index contributed by atoms with van der Waals surface area (Å²) in [6.45, 7) is 4.18. The topological polar surface area (TPSA) is 52.7 Å². The Labute approximate surface area is 199 Å². The highest BCUT2D eigenvalue weighted by Gasteiger charge is 2.22. The molecule has 0 aliphatic rings. The van der Waals surface area contributed by atoms with E-state index >= 15 is 0 Å². The zero-order valence-electron chi connectivity index (χ0n) is 17.6. The van der Waals surface area contributed by atoms with Crippen LogP contribution in [0.4, 0.5) is 19.3 Å². The lowest BCUT2D eigenvalue weighted by molar-refractivity contribution is -0.132. The minimum atomic E-state index is -0.599. The molecule has 1 aromatic heterocycles. The van der Waals surface area contributed by atoms with Crippen molar-refractivity contribution >= 4 is 40.6 Å². The van der Waals surface area contributed by atoms with Gasteiger partial charge < -0.3 is 15.1 Å². The molecule has 1 heterocycles. The largest absolute Gasteiger partial charge is 0.332 e. The molecule has 2 aromatic carbocycles. The maximum absolute atomic E-state index is 13.4. The number of carbonyl (C=O) groups is 2. The van der Waals surface area contributed by atoms with E-state index in [0.717, 1.165) is 16.5 Å². The summed E-state index contributed by atoms with van der Waals surface area (Å²) in [5, 5.41) is 4.41. The first kappa shape index (κ1) is 24.4. The molecule has 3 aromatic rings. The first-order valence-corrected chi connectivity index (χ1v) is 11.3. The summed E-state index contributed by atoms with van der Waals surface area (Å²) in [5.74, 6) is -1.25. The zero-order chi connectivity index (χ0) is 23.8. The summed E-state index contributed by atoms with van der Waals surface area (Å²) in [5.41, 5.74) is 1.07. The van der Waals surface area contributed by atoms with Gasteiger partial charge >= 0.3 is 6.03 Å². The Morgan fingerprint density at radius 1 is 1.06 bits per heavy atom. The number of rotatable bonds is 9. The second-order valence-electron chi connectivity index (χ2n) is 7.18. The maximum Gasteiger partial charge on any atom is 0.322 e. The van der Waals surface area contributed by atoms with Crippen molar-refractivity contribution in [2.75, 3.05) is 18.4 Å². The molecule has 0 spiro atoms. The SMILES string of the molecule is C=CCN(CC(=O)N(Cc1ccc(F)cc1)Cc1cccs1)C(=O)Nc1ccc(F)c(Cl)c1. The molecule has 3 rings (SSSR count). The lowest BCUT2D eigenvalue weighted by Crippen LogP contribution is -2.44. The highest BCUT2D eigenvalue weighted by atomic mass is 35.5. The van der Waals surface area contributed by atoms with Crippen LogP contribution in [0, 0.1) is 11.6 Å². The minimum Gasteiger partial charge on any atom is -0.332 e. The summed E-state index contributed by atoms with van der Waals surface area (Å²) in [4.78, 5) is 29.9. The van der Waals surface area contributed by atoms with Crippen LogP contribution in [0.15, 0.2) is 72.6 Å². The highest BCUT2D eigenvalue weighted by Crippen LogP contribution is 2.20. The Balaban J connectivity index is 1.74. The van der Waals surface area contributed by atoms with Gasteiger partial charge in [0.2, 0.25) is 5.91 Å². The molecule has 0 saturated heterocycles. The Morgan fingerprint density at radius 2 is 1.82 bits per heavy atom. The molecule has 9 heteroatoms. The number of hydrogen-bond donors (Lipinski definition) is 1. The molecule has 0 radical (unpaired) electrons. The number of carbonyl (C=O) groups excluding carboxylic acids is 2. The number of nitrogens with zero attached hydrogens (tertiary/aromatic N) is 2. The van der Waals surface area contributed by atoms with E-state index in [-0.39, 0.29) is 36.4 Å². The molecular formula is C24H22ClF2N3O2S. The third kappa shape index (κ3) is 7.13. The first-order valence-electron chi connectivity index (χ1n) is 10.0. The molecule has 0 atom stereocenters. The second-order valence-corrected chi connectivity index (χ2v) is 8.62. The monoisotopic (exact) mass is 489 g/mol. The van der Waals surface area contributed by atoms with Crippen molar-refractivity contribution in [2.45, 2.75) is 13.1 Å². The van der Waals surface area contributed by atoms with Gasteiger partial charge in [-0.15, -0.1) is 17.9 Å². The van der Waals surface area contributed by atoms with E-state index in [2.05, 4.69) is 11.9 Å². The van der Waals surface area contributed by atoms with Gasteiger partial charge in [0.1, 0.15) is 18.2 Å². The molecule has 5 nitrogen and oxygen atoms in total. The van der Waals surface area contributed by atoms with Gasteiger partial charge in [-0.2, -0.15) is 0 Å². The van der Waals surface area contributed by atoms with Crippen LogP contribution in [0.2, 0.25) is 5.02 Å². The number of halogens is 3. The Morgan fingerprint density at radius 3 is 2.45 bits per heavy atom. The van der Waals surface area contributed by atoms with Gasteiger partial charge in [0.05, 0.1) is 11.6 Å². The van der Waals surface area contributed by atoms with Crippen molar-refractivity contribution in [3.8, 4) is 0 Å². The molecule has 0 aliphatic carbocycles. The van der Waals surface area contributed by atoms with Crippen LogP contribution >= 0.6 is 22.9 Å². The molecule has 0 bridgehead atoms. The van der Waals surface area contributed by atoms with Gasteiger partial charge in [0.25, 0.3) is 0 Å². The second kappa shape index (κ2) is 11.6. The van der Waals surface area contributed by atoms with Crippen LogP contribution in [-0.2, 0) is 17.9 Å². The summed E-state index contributed by atoms with van der Waals surface area (Å²) in [6, 6.07) is 13.0. The fourth-order valence-corrected chi connectivity index (χ4v) is 3.95. The summed E-state index contributed by atoms with van der Waals surface area (Å²) in [6.07, 6.45) is 1.51. The molecule has 0 saturated carbocycles. The van der Waals surface area contributed by atoms with Crippen molar-refractivity contribution in [3.05, 3.63) is 99.7 Å². The summed E-state index contributed by atoms with van der Waals surface area (Å²) in [7, 11) is 0. The molecule has 1 N–H and O–H groups in total. The zero-order valence-corrected chi connectivity index (χ0v) is 19.2. The van der Waals surface area contributed by atoms with Crippen LogP contribution < -0.4 is 5.32 Å². The minimum absolute atomic E-state index is 0.121. The highest BCUT2D eigenvalue weighted by molar-refractivity contribution is 7.09. The number of urea groups is 1. The predicted octanol–water partition coefficient (Wildman–Crippen LogP) is 5.93. The molecule has 3 amide bonds. The summed E-state index contributed by atoms with van der Waals surface area (Å²) >= 11 is 7.29. The Hall–Kier alpha value is -3.23. The number of anilines is 1. The van der Waals surface area contributed by atoms with E-state index in [1.54, 1.807) is 17.0 Å². The van der Waals surface area contributed by atoms with Crippen molar-refractivity contribution < 1.29 is 18.4 Å². The van der Waals surface area contributed by atoms with Crippen LogP contribution in [0.1, 0.15) is 10.4 Å². The van der Waals surface area contributed by atoms with Gasteiger partial charge in [-0.3, -0.25) is 4.79 Å². The van der Waals surface area contributed by atoms with E-state index in [9.17, 15) is 18.4 Å². The first-order chi connectivity index (χ1) is 15.9. The third-order valence-corrected chi connectivity index (χ3v) is 5.85. The van der Waals surface area contributed by atoms with Gasteiger partial charge in [-0.05, 0) is 47.3 Å². The fraction of sp³-hybridized carbons (Fsp3) is 0.167. The van der Waals surface area contributed by atoms with Gasteiger partial charge in [0.15, 0.2) is 0 Å². The van der Waals surface area contributed by atoms with E-state index < -0.39 is 11.8 Å². The van der Waals surface area contributed by atoms with Gasteiger partial charge in [-0.25, -0.2) is 13.6 Å². The van der Waals surface area contributed by atoms with Crippen LogP contribution in [0.3, 0.4) is 0 Å². The fourth-order valence-electron chi connectivity index (χ4n) is 3.05. The standard InChI is InChI=1S/C24H22ClF2N3O2S/c1-2-11-29(24(32)28-19-9-10-22(27)21(25)13-19)16-23(31)30(15-20-4-3-12-33-20)14-17-5-7-18(26)8-6-17/h2-10,12-13H,1,11,14-16H2,(H,28,32). The van der Waals surface area contributed by atoms with Gasteiger partial charge in [-0.1, -0.05) is 35.9 Å². The van der Waals surface area contributed by atoms with Crippen molar-refractivity contribution in [3.63, 3.8) is 0 Å². The third-order valence-electron chi connectivity index (χ3n) is 4.70. The number of amides is 3. The average molecular weight is 490 g/mol. The van der Waals surface area contributed by atoms with E-state index in [0.29, 0.717) is 12.2 Å². The molecule has 0 unspecified atom stereocenters. The van der Waals surface area contributed by atoms with Crippen LogP contribution in [0.5, 0.6) is 0 Å². The van der Waals surface area contributed by atoms with Crippen molar-refractivity contribution in [2.24, 2.45) is 0 Å². The Bertz CT molecular complexity index is 1110. The smallest absolute Gasteiger partial charge is 0.322 e. The predicted molar refractivity (Wildman–Crippen MR) is 127 cm³/mol. The number of benzene rings is 2. The molecule has 33 heavy (non-hydrogen) atoms. The molecule has 172 valence electrons. The summed E-state index contributed by atoms with van der Waals surface area (Å²) < 4.78 is 26.7. The van der Waals surface area contributed by atoms with E-state index in [1.807, 2.05) is 17.5 Å². The van der Waals surface area contributed by atoms with Crippen LogP contribution in [0.25, 0.3) is 0 Å². The van der Waals surface area contributed by atoms with Crippen LogP contribution in [-0.4, -0.2) is 34.8 Å². The van der Waals surface area contributed by atoms with Crippen molar-refractivity contribution in [1.82, 2.24) is 9.80 Å². The van der Waals surface area contributed by atoms with Crippen molar-refractivity contribution in [1.29, 1.82) is 0 Å². The molecule has 0 aliphatic heterocycles. The average Bonchev–Trinajstić information content (AvgIpc) is 3.30. The van der Waals surface area contributed by atoms with E-state index in [4.69, 9.17) is 11.6 Å². The maximum atomic E-state index is 13.4. The Kier molecular flexibility index (Phi) is 8.57. The molecule has 0 fully saturated rings. The van der Waals surface area contributed by atoms with E-state index in [1.165, 1.54) is 46.6 Å². The quantitative estimate of drug-likeness (QED) is 0.379. The normalized spacial score (nSPS) is 10.5. The number of hydrogen-bond acceptors (Lipinski definition) is 3. The molecular weight excluding hydrogens is 468 g/mol. The number of thiophene rings is 1. The van der Waals surface area contributed by atoms with Gasteiger partial charge in [0, 0.05) is 23.7 Å². The lowest BCUT2D eigenvalue weighted by atomic mass is 10.2. The lowest BCUT2D eigenvalue weighted by Gasteiger charge is -2.27. The number of nitrogens with one attached hydrogen (secondary N) is 1.